The molecule has 0 aromatic heterocycles. The fourth-order valence-corrected chi connectivity index (χ4v) is 2.48. The second-order valence-electron chi connectivity index (χ2n) is 5.57. The van der Waals surface area contributed by atoms with E-state index in [1.807, 2.05) is 6.08 Å². The zero-order chi connectivity index (χ0) is 13.9. The van der Waals surface area contributed by atoms with Gasteiger partial charge in [-0.25, -0.2) is 4.79 Å². The Morgan fingerprint density at radius 1 is 1.44 bits per heavy atom. The second kappa shape index (κ2) is 6.26. The Balaban J connectivity index is 2.88. The fourth-order valence-electron chi connectivity index (χ4n) is 2.48. The fraction of sp³-hybridized carbons (Fsp3) is 0.800. The molecule has 0 N–H and O–H groups in total. The molecule has 0 bridgehead atoms. The summed E-state index contributed by atoms with van der Waals surface area (Å²) in [7, 11) is 1.39. The zero-order valence-electron chi connectivity index (χ0n) is 12.4. The van der Waals surface area contributed by atoms with Gasteiger partial charge in [-0.15, -0.1) is 0 Å². The first kappa shape index (κ1) is 15.1. The van der Waals surface area contributed by atoms with Crippen LogP contribution in [0.25, 0.3) is 0 Å². The smallest absolute Gasteiger partial charge is 0.372 e. The number of methoxy groups -OCH3 is 1. The molecule has 3 nitrogen and oxygen atoms in total. The summed E-state index contributed by atoms with van der Waals surface area (Å²) in [6.45, 7) is 11.0. The van der Waals surface area contributed by atoms with Gasteiger partial charge in [0, 0.05) is 0 Å². The van der Waals surface area contributed by atoms with E-state index in [9.17, 15) is 4.79 Å². The largest absolute Gasteiger partial charge is 0.483 e. The van der Waals surface area contributed by atoms with Crippen molar-refractivity contribution in [1.82, 2.24) is 0 Å². The van der Waals surface area contributed by atoms with E-state index in [0.29, 0.717) is 29.4 Å². The van der Waals surface area contributed by atoms with Gasteiger partial charge in [-0.1, -0.05) is 41.0 Å². The first-order valence-electron chi connectivity index (χ1n) is 6.89. The van der Waals surface area contributed by atoms with Gasteiger partial charge in [0.15, 0.2) is 0 Å². The minimum absolute atomic E-state index is 0.0917. The van der Waals surface area contributed by atoms with E-state index in [-0.39, 0.29) is 12.1 Å². The second-order valence-corrected chi connectivity index (χ2v) is 5.57. The lowest BCUT2D eigenvalue weighted by molar-refractivity contribution is -0.144. The molecule has 18 heavy (non-hydrogen) atoms. The number of rotatable bonds is 4. The molecule has 0 radical (unpaired) electrons. The van der Waals surface area contributed by atoms with Crippen LogP contribution in [0.3, 0.4) is 0 Å². The number of hydrogen-bond donors (Lipinski definition) is 0. The minimum atomic E-state index is -0.366. The highest BCUT2D eigenvalue weighted by Crippen LogP contribution is 2.35. The van der Waals surface area contributed by atoms with E-state index in [2.05, 4.69) is 34.6 Å². The molecule has 0 aromatic rings. The average Bonchev–Trinajstić information content (AvgIpc) is 2.38. The molecule has 0 amide bonds. The van der Waals surface area contributed by atoms with Gasteiger partial charge in [-0.3, -0.25) is 0 Å². The summed E-state index contributed by atoms with van der Waals surface area (Å²) in [4.78, 5) is 11.6. The van der Waals surface area contributed by atoms with E-state index >= 15 is 0 Å². The number of carbonyl (C=O) groups excluding carboxylic acids is 1. The quantitative estimate of drug-likeness (QED) is 0.721. The van der Waals surface area contributed by atoms with Crippen LogP contribution < -0.4 is 0 Å². The SMILES string of the molecule is CC[C@@H](C)[C@@H](C)C1OC(C(=O)OC)=CC(C)[C@H]1C. The van der Waals surface area contributed by atoms with Gasteiger partial charge in [0.25, 0.3) is 0 Å². The lowest BCUT2D eigenvalue weighted by Crippen LogP contribution is -2.39. The van der Waals surface area contributed by atoms with Crippen LogP contribution in [0.5, 0.6) is 0 Å². The molecule has 0 saturated carbocycles. The van der Waals surface area contributed by atoms with E-state index in [1.165, 1.54) is 7.11 Å². The Kier molecular flexibility index (Phi) is 5.24. The third-order valence-corrected chi connectivity index (χ3v) is 4.47. The van der Waals surface area contributed by atoms with Crippen LogP contribution in [0.1, 0.15) is 41.0 Å². The van der Waals surface area contributed by atoms with Gasteiger partial charge in [-0.05, 0) is 29.7 Å². The van der Waals surface area contributed by atoms with Gasteiger partial charge in [0.1, 0.15) is 6.10 Å². The predicted octanol–water partition coefficient (Wildman–Crippen LogP) is 3.40. The monoisotopic (exact) mass is 254 g/mol. The van der Waals surface area contributed by atoms with E-state index in [1.54, 1.807) is 0 Å². The third kappa shape index (κ3) is 3.06. The molecule has 1 aliphatic heterocycles. The van der Waals surface area contributed by atoms with Crippen molar-refractivity contribution in [3.63, 3.8) is 0 Å². The maximum absolute atomic E-state index is 11.6. The van der Waals surface area contributed by atoms with Crippen molar-refractivity contribution in [2.75, 3.05) is 7.11 Å². The predicted molar refractivity (Wildman–Crippen MR) is 71.9 cm³/mol. The van der Waals surface area contributed by atoms with Crippen LogP contribution in [-0.4, -0.2) is 19.2 Å². The molecule has 104 valence electrons. The van der Waals surface area contributed by atoms with Crippen LogP contribution in [0.4, 0.5) is 0 Å². The molecule has 0 aromatic carbocycles. The van der Waals surface area contributed by atoms with Crippen molar-refractivity contribution in [1.29, 1.82) is 0 Å². The Morgan fingerprint density at radius 3 is 2.56 bits per heavy atom. The number of allylic oxidation sites excluding steroid dienone is 1. The maximum atomic E-state index is 11.6. The number of esters is 1. The molecule has 1 heterocycles. The van der Waals surface area contributed by atoms with Crippen molar-refractivity contribution in [2.45, 2.75) is 47.1 Å². The summed E-state index contributed by atoms with van der Waals surface area (Å²) in [5.41, 5.74) is 0. The van der Waals surface area contributed by atoms with Crippen molar-refractivity contribution in [3.05, 3.63) is 11.8 Å². The van der Waals surface area contributed by atoms with Gasteiger partial charge in [-0.2, -0.15) is 0 Å². The highest BCUT2D eigenvalue weighted by atomic mass is 16.6. The summed E-state index contributed by atoms with van der Waals surface area (Å²) < 4.78 is 10.6. The molecular weight excluding hydrogens is 228 g/mol. The van der Waals surface area contributed by atoms with E-state index in [4.69, 9.17) is 9.47 Å². The molecule has 0 saturated heterocycles. The molecule has 1 aliphatic rings. The standard InChI is InChI=1S/C15H26O3/c1-7-9(2)11(4)14-12(5)10(3)8-13(18-14)15(16)17-6/h8-12,14H,7H2,1-6H3/t9-,10?,11-,12-,14?/m1/s1. The lowest BCUT2D eigenvalue weighted by Gasteiger charge is -2.38. The Bertz CT molecular complexity index is 322. The first-order chi connectivity index (χ1) is 8.42. The summed E-state index contributed by atoms with van der Waals surface area (Å²) in [5.74, 6) is 1.78. The van der Waals surface area contributed by atoms with Gasteiger partial charge < -0.3 is 9.47 Å². The number of hydrogen-bond acceptors (Lipinski definition) is 3. The van der Waals surface area contributed by atoms with Crippen molar-refractivity contribution in [3.8, 4) is 0 Å². The average molecular weight is 254 g/mol. The summed E-state index contributed by atoms with van der Waals surface area (Å²) in [6, 6.07) is 0. The Hall–Kier alpha value is -0.990. The molecule has 0 aliphatic carbocycles. The maximum Gasteiger partial charge on any atom is 0.372 e. The van der Waals surface area contributed by atoms with E-state index in [0.717, 1.165) is 6.42 Å². The molecule has 1 rings (SSSR count). The summed E-state index contributed by atoms with van der Waals surface area (Å²) in [5, 5.41) is 0. The number of ether oxygens (including phenoxy) is 2. The highest BCUT2D eigenvalue weighted by Gasteiger charge is 2.36. The van der Waals surface area contributed by atoms with Gasteiger partial charge in [0.2, 0.25) is 5.76 Å². The molecule has 5 atom stereocenters. The highest BCUT2D eigenvalue weighted by molar-refractivity contribution is 5.86. The van der Waals surface area contributed by atoms with Crippen LogP contribution >= 0.6 is 0 Å². The van der Waals surface area contributed by atoms with Gasteiger partial charge in [0.05, 0.1) is 7.11 Å². The first-order valence-corrected chi connectivity index (χ1v) is 6.89. The minimum Gasteiger partial charge on any atom is -0.483 e. The Labute approximate surface area is 111 Å². The van der Waals surface area contributed by atoms with Crippen molar-refractivity contribution < 1.29 is 14.3 Å². The molecule has 2 unspecified atom stereocenters. The van der Waals surface area contributed by atoms with Crippen LogP contribution in [0.2, 0.25) is 0 Å². The normalized spacial score (nSPS) is 31.0. The van der Waals surface area contributed by atoms with Crippen LogP contribution in [0.15, 0.2) is 11.8 Å². The van der Waals surface area contributed by atoms with Crippen molar-refractivity contribution >= 4 is 5.97 Å². The van der Waals surface area contributed by atoms with Crippen LogP contribution in [-0.2, 0) is 14.3 Å². The van der Waals surface area contributed by atoms with Crippen LogP contribution in [0, 0.1) is 23.7 Å². The summed E-state index contributed by atoms with van der Waals surface area (Å²) in [6.07, 6.45) is 3.10. The molecule has 3 heteroatoms. The lowest BCUT2D eigenvalue weighted by atomic mass is 9.77. The van der Waals surface area contributed by atoms with Crippen molar-refractivity contribution in [2.24, 2.45) is 23.7 Å². The molecular formula is C15H26O3. The summed E-state index contributed by atoms with van der Waals surface area (Å²) >= 11 is 0. The molecule has 0 spiro atoms. The topological polar surface area (TPSA) is 35.5 Å². The third-order valence-electron chi connectivity index (χ3n) is 4.47. The molecule has 0 fully saturated rings. The zero-order valence-corrected chi connectivity index (χ0v) is 12.4. The van der Waals surface area contributed by atoms with E-state index < -0.39 is 0 Å². The Morgan fingerprint density at radius 2 is 2.06 bits per heavy atom. The number of carbonyl (C=O) groups is 1. The van der Waals surface area contributed by atoms with Gasteiger partial charge >= 0.3 is 5.97 Å².